The third-order valence-electron chi connectivity index (χ3n) is 3.07. The number of amidine groups is 1. The Morgan fingerprint density at radius 1 is 1.35 bits per heavy atom. The number of nitrogens with zero attached hydrogens (tertiary/aromatic N) is 2. The zero-order chi connectivity index (χ0) is 14.8. The average Bonchev–Trinajstić information content (AvgIpc) is 2.82. The number of hydrogen-bond acceptors (Lipinski definition) is 3. The first kappa shape index (κ1) is 14.6. The summed E-state index contributed by atoms with van der Waals surface area (Å²) in [5.41, 5.74) is 0.456. The summed E-state index contributed by atoms with van der Waals surface area (Å²) in [6.45, 7) is 8.29. The second-order valence-electron chi connectivity index (χ2n) is 5.97. The van der Waals surface area contributed by atoms with E-state index in [0.717, 1.165) is 12.0 Å². The van der Waals surface area contributed by atoms with Crippen molar-refractivity contribution in [1.29, 1.82) is 0 Å². The van der Waals surface area contributed by atoms with Crippen LogP contribution in [0.5, 0.6) is 0 Å². The highest BCUT2D eigenvalue weighted by Gasteiger charge is 2.32. The lowest BCUT2D eigenvalue weighted by Gasteiger charge is -2.25. The van der Waals surface area contributed by atoms with E-state index in [1.54, 1.807) is 4.90 Å². The van der Waals surface area contributed by atoms with Gasteiger partial charge in [-0.25, -0.2) is 4.79 Å². The van der Waals surface area contributed by atoms with Crippen LogP contribution in [0.25, 0.3) is 0 Å². The lowest BCUT2D eigenvalue weighted by atomic mass is 10.2. The molecule has 0 saturated heterocycles. The molecule has 4 heteroatoms. The third-order valence-corrected chi connectivity index (χ3v) is 3.07. The Kier molecular flexibility index (Phi) is 4.12. The minimum Gasteiger partial charge on any atom is -0.443 e. The highest BCUT2D eigenvalue weighted by molar-refractivity contribution is 6.07. The summed E-state index contributed by atoms with van der Waals surface area (Å²) in [4.78, 5) is 18.6. The minimum absolute atomic E-state index is 0.151. The molecule has 0 fully saturated rings. The van der Waals surface area contributed by atoms with Gasteiger partial charge in [0.25, 0.3) is 0 Å². The van der Waals surface area contributed by atoms with Crippen molar-refractivity contribution in [3.8, 4) is 0 Å². The predicted molar refractivity (Wildman–Crippen MR) is 80.0 cm³/mol. The van der Waals surface area contributed by atoms with Gasteiger partial charge in [0.2, 0.25) is 0 Å². The molecule has 2 rings (SSSR count). The molecule has 0 N–H and O–H groups in total. The zero-order valence-electron chi connectivity index (χ0n) is 12.6. The molecule has 1 aromatic rings. The first-order chi connectivity index (χ1) is 9.40. The van der Waals surface area contributed by atoms with Crippen molar-refractivity contribution >= 4 is 11.9 Å². The summed E-state index contributed by atoms with van der Waals surface area (Å²) in [6, 6.07) is 9.93. The summed E-state index contributed by atoms with van der Waals surface area (Å²) in [7, 11) is 0. The fourth-order valence-corrected chi connectivity index (χ4v) is 2.10. The number of benzene rings is 1. The molecule has 1 heterocycles. The van der Waals surface area contributed by atoms with Gasteiger partial charge in [0, 0.05) is 5.56 Å². The normalized spacial score (nSPS) is 18.9. The number of ether oxygens (including phenoxy) is 1. The Labute approximate surface area is 120 Å². The number of aliphatic imine (C=N–C) groups is 1. The lowest BCUT2D eigenvalue weighted by Crippen LogP contribution is -2.40. The smallest absolute Gasteiger partial charge is 0.416 e. The molecule has 1 aliphatic heterocycles. The number of carbonyl (C=O) groups is 1. The van der Waals surface area contributed by atoms with Crippen LogP contribution in [0.3, 0.4) is 0 Å². The van der Waals surface area contributed by atoms with Crippen LogP contribution < -0.4 is 0 Å². The van der Waals surface area contributed by atoms with Crippen LogP contribution in [0.2, 0.25) is 0 Å². The van der Waals surface area contributed by atoms with Gasteiger partial charge in [-0.05, 0) is 27.2 Å². The van der Waals surface area contributed by atoms with Crippen LogP contribution in [0.15, 0.2) is 35.3 Å². The predicted octanol–water partition coefficient (Wildman–Crippen LogP) is 3.46. The van der Waals surface area contributed by atoms with E-state index in [9.17, 15) is 4.79 Å². The molecule has 0 saturated carbocycles. The summed E-state index contributed by atoms with van der Waals surface area (Å²) < 4.78 is 5.47. The average molecular weight is 274 g/mol. The van der Waals surface area contributed by atoms with Crippen molar-refractivity contribution in [2.75, 3.05) is 6.54 Å². The Hall–Kier alpha value is -1.84. The fraction of sp³-hybridized carbons (Fsp3) is 0.500. The van der Waals surface area contributed by atoms with E-state index in [1.807, 2.05) is 51.1 Å². The van der Waals surface area contributed by atoms with Crippen LogP contribution >= 0.6 is 0 Å². The molecule has 0 radical (unpaired) electrons. The molecule has 20 heavy (non-hydrogen) atoms. The van der Waals surface area contributed by atoms with Crippen molar-refractivity contribution in [3.05, 3.63) is 35.9 Å². The summed E-state index contributed by atoms with van der Waals surface area (Å²) in [5, 5.41) is 0. The molecule has 0 unspecified atom stereocenters. The van der Waals surface area contributed by atoms with E-state index in [2.05, 4.69) is 11.9 Å². The van der Waals surface area contributed by atoms with Gasteiger partial charge >= 0.3 is 6.09 Å². The van der Waals surface area contributed by atoms with E-state index in [1.165, 1.54) is 0 Å². The van der Waals surface area contributed by atoms with E-state index in [0.29, 0.717) is 12.4 Å². The summed E-state index contributed by atoms with van der Waals surface area (Å²) in [5.74, 6) is 0.715. The van der Waals surface area contributed by atoms with Crippen molar-refractivity contribution in [2.24, 2.45) is 4.99 Å². The van der Waals surface area contributed by atoms with Gasteiger partial charge in [-0.3, -0.25) is 9.89 Å². The molecule has 0 bridgehead atoms. The van der Waals surface area contributed by atoms with E-state index in [4.69, 9.17) is 4.74 Å². The maximum Gasteiger partial charge on any atom is 0.416 e. The fourth-order valence-electron chi connectivity index (χ4n) is 2.10. The van der Waals surface area contributed by atoms with Crippen LogP contribution in [0.4, 0.5) is 4.79 Å². The van der Waals surface area contributed by atoms with Gasteiger partial charge in [0.15, 0.2) is 0 Å². The standard InChI is InChI=1S/C16H22N2O2/c1-5-13-11-18(15(19)20-16(2,3)4)14(17-13)12-9-7-6-8-10-12/h6-10,13H,5,11H2,1-4H3/t13-/m0/s1. The largest absolute Gasteiger partial charge is 0.443 e. The SMILES string of the molecule is CC[C@H]1CN(C(=O)OC(C)(C)C)C(c2ccccc2)=N1. The van der Waals surface area contributed by atoms with Crippen molar-refractivity contribution < 1.29 is 9.53 Å². The van der Waals surface area contributed by atoms with Crippen LogP contribution in [-0.4, -0.2) is 35.0 Å². The van der Waals surface area contributed by atoms with Gasteiger partial charge in [-0.1, -0.05) is 37.3 Å². The number of amides is 1. The maximum atomic E-state index is 12.3. The molecule has 1 atom stereocenters. The molecule has 4 nitrogen and oxygen atoms in total. The van der Waals surface area contributed by atoms with E-state index < -0.39 is 5.60 Å². The van der Waals surface area contributed by atoms with Crippen LogP contribution in [0.1, 0.15) is 39.7 Å². The zero-order valence-corrected chi connectivity index (χ0v) is 12.6. The quantitative estimate of drug-likeness (QED) is 0.828. The van der Waals surface area contributed by atoms with Crippen LogP contribution in [-0.2, 0) is 4.74 Å². The second kappa shape index (κ2) is 5.65. The first-order valence-electron chi connectivity index (χ1n) is 7.04. The topological polar surface area (TPSA) is 41.9 Å². The van der Waals surface area contributed by atoms with Crippen molar-refractivity contribution in [1.82, 2.24) is 4.90 Å². The molecule has 1 aromatic carbocycles. The first-order valence-corrected chi connectivity index (χ1v) is 7.04. The molecule has 108 valence electrons. The minimum atomic E-state index is -0.497. The Balaban J connectivity index is 2.24. The van der Waals surface area contributed by atoms with Crippen molar-refractivity contribution in [3.63, 3.8) is 0 Å². The Bertz CT molecular complexity index is 503. The van der Waals surface area contributed by atoms with Gasteiger partial charge in [0.05, 0.1) is 12.6 Å². The third kappa shape index (κ3) is 3.38. The number of rotatable bonds is 2. The number of hydrogen-bond donors (Lipinski definition) is 0. The highest BCUT2D eigenvalue weighted by atomic mass is 16.6. The molecule has 0 spiro atoms. The highest BCUT2D eigenvalue weighted by Crippen LogP contribution is 2.20. The molecular formula is C16H22N2O2. The number of carbonyl (C=O) groups excluding carboxylic acids is 1. The van der Waals surface area contributed by atoms with Gasteiger partial charge in [-0.15, -0.1) is 0 Å². The maximum absolute atomic E-state index is 12.3. The van der Waals surface area contributed by atoms with Crippen molar-refractivity contribution in [2.45, 2.75) is 45.8 Å². The van der Waals surface area contributed by atoms with E-state index in [-0.39, 0.29) is 12.1 Å². The molecule has 1 amide bonds. The van der Waals surface area contributed by atoms with Gasteiger partial charge in [-0.2, -0.15) is 0 Å². The molecular weight excluding hydrogens is 252 g/mol. The lowest BCUT2D eigenvalue weighted by molar-refractivity contribution is 0.0377. The molecule has 0 aliphatic carbocycles. The monoisotopic (exact) mass is 274 g/mol. The Morgan fingerprint density at radius 2 is 2.00 bits per heavy atom. The second-order valence-corrected chi connectivity index (χ2v) is 5.97. The Morgan fingerprint density at radius 3 is 2.55 bits per heavy atom. The summed E-state index contributed by atoms with van der Waals surface area (Å²) in [6.07, 6.45) is 0.589. The van der Waals surface area contributed by atoms with Gasteiger partial charge < -0.3 is 4.74 Å². The van der Waals surface area contributed by atoms with Crippen LogP contribution in [0, 0.1) is 0 Å². The molecule has 1 aliphatic rings. The van der Waals surface area contributed by atoms with Gasteiger partial charge in [0.1, 0.15) is 11.4 Å². The van der Waals surface area contributed by atoms with E-state index >= 15 is 0 Å². The molecule has 0 aromatic heterocycles. The summed E-state index contributed by atoms with van der Waals surface area (Å²) >= 11 is 0.